The molecular weight excluding hydrogens is 264 g/mol. The number of ether oxygens (including phenoxy) is 1. The zero-order valence-corrected chi connectivity index (χ0v) is 11.5. The van der Waals surface area contributed by atoms with E-state index < -0.39 is 11.4 Å². The molecule has 0 saturated carbocycles. The van der Waals surface area contributed by atoms with Gasteiger partial charge < -0.3 is 25.2 Å². The lowest BCUT2D eigenvalue weighted by Crippen LogP contribution is -2.51. The number of amides is 2. The van der Waals surface area contributed by atoms with Gasteiger partial charge in [-0.25, -0.2) is 4.79 Å². The van der Waals surface area contributed by atoms with Crippen molar-refractivity contribution in [3.8, 4) is 0 Å². The Morgan fingerprint density at radius 1 is 1.35 bits per heavy atom. The van der Waals surface area contributed by atoms with Crippen LogP contribution in [0.25, 0.3) is 0 Å². The summed E-state index contributed by atoms with van der Waals surface area (Å²) in [5.74, 6) is -0.888. The highest BCUT2D eigenvalue weighted by atomic mass is 16.5. The molecule has 2 rings (SSSR count). The van der Waals surface area contributed by atoms with Gasteiger partial charge in [-0.15, -0.1) is 0 Å². The van der Waals surface area contributed by atoms with Gasteiger partial charge in [0.25, 0.3) is 0 Å². The summed E-state index contributed by atoms with van der Waals surface area (Å²) in [4.78, 5) is 25.2. The van der Waals surface area contributed by atoms with E-state index in [1.165, 1.54) is 0 Å². The summed E-state index contributed by atoms with van der Waals surface area (Å²) in [7, 11) is 0. The van der Waals surface area contributed by atoms with Crippen LogP contribution in [-0.2, 0) is 9.53 Å². The Labute approximate surface area is 117 Å². The molecule has 20 heavy (non-hydrogen) atoms. The van der Waals surface area contributed by atoms with Crippen LogP contribution in [0.5, 0.6) is 0 Å². The van der Waals surface area contributed by atoms with E-state index in [2.05, 4.69) is 5.32 Å². The molecule has 114 valence electrons. The molecule has 0 aliphatic carbocycles. The number of aliphatic carboxylic acids is 1. The van der Waals surface area contributed by atoms with Crippen LogP contribution in [0.2, 0.25) is 0 Å². The number of nitrogens with zero attached hydrogens (tertiary/aromatic N) is 1. The summed E-state index contributed by atoms with van der Waals surface area (Å²) in [6, 6.07) is -0.431. The number of hydrogen-bond donors (Lipinski definition) is 3. The van der Waals surface area contributed by atoms with Crippen LogP contribution < -0.4 is 5.32 Å². The van der Waals surface area contributed by atoms with E-state index in [4.69, 9.17) is 4.74 Å². The van der Waals surface area contributed by atoms with E-state index in [-0.39, 0.29) is 25.2 Å². The summed E-state index contributed by atoms with van der Waals surface area (Å²) in [5, 5.41) is 21.3. The second-order valence-electron chi connectivity index (χ2n) is 5.53. The average Bonchev–Trinajstić information content (AvgIpc) is 2.94. The predicted octanol–water partition coefficient (Wildman–Crippen LogP) is 0.0341. The lowest BCUT2D eigenvalue weighted by Gasteiger charge is -2.34. The normalized spacial score (nSPS) is 25.4. The number of rotatable bonds is 4. The molecule has 2 aliphatic heterocycles. The van der Waals surface area contributed by atoms with Gasteiger partial charge in [0.2, 0.25) is 0 Å². The van der Waals surface area contributed by atoms with Crippen LogP contribution in [0.1, 0.15) is 25.7 Å². The topological polar surface area (TPSA) is 99.1 Å². The molecule has 7 heteroatoms. The standard InChI is InChI=1S/C13H22N2O5/c16-8-10-2-1-5-15(10)12(19)14-9-13(11(17)18)3-6-20-7-4-13/h10,16H,1-9H2,(H,14,19)(H,17,18). The SMILES string of the molecule is O=C(NCC1(C(=O)O)CCOCC1)N1CCCC1CO. The van der Waals surface area contributed by atoms with Crippen molar-refractivity contribution < 1.29 is 24.5 Å². The summed E-state index contributed by atoms with van der Waals surface area (Å²) < 4.78 is 5.20. The van der Waals surface area contributed by atoms with E-state index in [1.54, 1.807) is 4.90 Å². The van der Waals surface area contributed by atoms with E-state index in [9.17, 15) is 19.8 Å². The number of carbonyl (C=O) groups excluding carboxylic acids is 1. The number of aliphatic hydroxyl groups is 1. The van der Waals surface area contributed by atoms with Gasteiger partial charge in [0, 0.05) is 26.3 Å². The minimum absolute atomic E-state index is 0.0503. The molecule has 0 aromatic heterocycles. The Hall–Kier alpha value is -1.34. The molecule has 2 aliphatic rings. The monoisotopic (exact) mass is 286 g/mol. The smallest absolute Gasteiger partial charge is 0.317 e. The predicted molar refractivity (Wildman–Crippen MR) is 70.3 cm³/mol. The van der Waals surface area contributed by atoms with Gasteiger partial charge in [-0.2, -0.15) is 0 Å². The number of hydrogen-bond acceptors (Lipinski definition) is 4. The number of nitrogens with one attached hydrogen (secondary N) is 1. The molecule has 0 radical (unpaired) electrons. The van der Waals surface area contributed by atoms with Crippen molar-refractivity contribution in [1.29, 1.82) is 0 Å². The maximum atomic E-state index is 12.1. The van der Waals surface area contributed by atoms with E-state index in [0.29, 0.717) is 32.6 Å². The number of carbonyl (C=O) groups is 2. The summed E-state index contributed by atoms with van der Waals surface area (Å²) in [5.41, 5.74) is -0.928. The number of carboxylic acid groups (broad SMARTS) is 1. The molecule has 0 aromatic carbocycles. The van der Waals surface area contributed by atoms with Crippen LogP contribution in [0, 0.1) is 5.41 Å². The molecule has 1 unspecified atom stereocenters. The van der Waals surface area contributed by atoms with E-state index >= 15 is 0 Å². The first kappa shape index (κ1) is 15.1. The van der Waals surface area contributed by atoms with Gasteiger partial charge in [0.05, 0.1) is 18.1 Å². The van der Waals surface area contributed by atoms with Gasteiger partial charge in [-0.1, -0.05) is 0 Å². The van der Waals surface area contributed by atoms with E-state index in [0.717, 1.165) is 12.8 Å². The molecule has 2 heterocycles. The molecule has 0 aromatic rings. The zero-order chi connectivity index (χ0) is 14.6. The zero-order valence-electron chi connectivity index (χ0n) is 11.5. The highest BCUT2D eigenvalue weighted by molar-refractivity contribution is 5.78. The fraction of sp³-hybridized carbons (Fsp3) is 0.846. The van der Waals surface area contributed by atoms with Crippen molar-refractivity contribution in [2.24, 2.45) is 5.41 Å². The first-order valence-corrected chi connectivity index (χ1v) is 7.05. The summed E-state index contributed by atoms with van der Waals surface area (Å²) in [6.45, 7) is 1.49. The quantitative estimate of drug-likeness (QED) is 0.677. The molecule has 2 amide bonds. The summed E-state index contributed by atoms with van der Waals surface area (Å²) >= 11 is 0. The second-order valence-corrected chi connectivity index (χ2v) is 5.53. The molecular formula is C13H22N2O5. The van der Waals surface area contributed by atoms with Crippen molar-refractivity contribution in [2.45, 2.75) is 31.7 Å². The minimum Gasteiger partial charge on any atom is -0.481 e. The Balaban J connectivity index is 1.92. The maximum Gasteiger partial charge on any atom is 0.317 e. The van der Waals surface area contributed by atoms with Gasteiger partial charge in [0.15, 0.2) is 0 Å². The third-order valence-electron chi connectivity index (χ3n) is 4.33. The van der Waals surface area contributed by atoms with Crippen molar-refractivity contribution in [1.82, 2.24) is 10.2 Å². The van der Waals surface area contributed by atoms with Crippen molar-refractivity contribution in [3.63, 3.8) is 0 Å². The fourth-order valence-corrected chi connectivity index (χ4v) is 2.87. The first-order valence-electron chi connectivity index (χ1n) is 7.05. The van der Waals surface area contributed by atoms with Crippen LogP contribution in [0.4, 0.5) is 4.79 Å². The lowest BCUT2D eigenvalue weighted by molar-refractivity contribution is -0.154. The summed E-state index contributed by atoms with van der Waals surface area (Å²) in [6.07, 6.45) is 2.48. The van der Waals surface area contributed by atoms with Gasteiger partial charge in [-0.05, 0) is 25.7 Å². The molecule has 0 spiro atoms. The third kappa shape index (κ3) is 3.04. The Morgan fingerprint density at radius 2 is 2.05 bits per heavy atom. The Morgan fingerprint density at radius 3 is 2.65 bits per heavy atom. The number of urea groups is 1. The van der Waals surface area contributed by atoms with Crippen molar-refractivity contribution in [2.75, 3.05) is 32.9 Å². The Kier molecular flexibility index (Phi) is 4.82. The molecule has 2 fully saturated rings. The largest absolute Gasteiger partial charge is 0.481 e. The number of aliphatic hydroxyl groups excluding tert-OH is 1. The molecule has 2 saturated heterocycles. The molecule has 1 atom stereocenters. The third-order valence-corrected chi connectivity index (χ3v) is 4.33. The average molecular weight is 286 g/mol. The van der Waals surface area contributed by atoms with Crippen LogP contribution in [-0.4, -0.2) is 66.1 Å². The molecule has 3 N–H and O–H groups in total. The van der Waals surface area contributed by atoms with Gasteiger partial charge >= 0.3 is 12.0 Å². The first-order chi connectivity index (χ1) is 9.59. The number of carboxylic acids is 1. The fourth-order valence-electron chi connectivity index (χ4n) is 2.87. The highest BCUT2D eigenvalue weighted by Gasteiger charge is 2.41. The van der Waals surface area contributed by atoms with E-state index in [1.807, 2.05) is 0 Å². The van der Waals surface area contributed by atoms with Crippen molar-refractivity contribution in [3.05, 3.63) is 0 Å². The molecule has 0 bridgehead atoms. The van der Waals surface area contributed by atoms with Gasteiger partial charge in [0.1, 0.15) is 0 Å². The maximum absolute atomic E-state index is 12.1. The van der Waals surface area contributed by atoms with Crippen LogP contribution in [0.15, 0.2) is 0 Å². The minimum atomic E-state index is -0.928. The second kappa shape index (κ2) is 6.41. The Bertz CT molecular complexity index is 368. The lowest BCUT2D eigenvalue weighted by atomic mass is 9.80. The molecule has 7 nitrogen and oxygen atoms in total. The highest BCUT2D eigenvalue weighted by Crippen LogP contribution is 2.30. The van der Waals surface area contributed by atoms with Crippen LogP contribution >= 0.6 is 0 Å². The number of likely N-dealkylation sites (tertiary alicyclic amines) is 1. The van der Waals surface area contributed by atoms with Crippen molar-refractivity contribution >= 4 is 12.0 Å². The van der Waals surface area contributed by atoms with Crippen LogP contribution in [0.3, 0.4) is 0 Å². The van der Waals surface area contributed by atoms with Gasteiger partial charge in [-0.3, -0.25) is 4.79 Å².